The van der Waals surface area contributed by atoms with Crippen molar-refractivity contribution < 1.29 is 4.79 Å². The summed E-state index contributed by atoms with van der Waals surface area (Å²) >= 11 is 7.78. The van der Waals surface area contributed by atoms with Gasteiger partial charge in [-0.15, -0.1) is 0 Å². The molecule has 1 saturated carbocycles. The van der Waals surface area contributed by atoms with Crippen molar-refractivity contribution >= 4 is 40.1 Å². The van der Waals surface area contributed by atoms with E-state index in [-0.39, 0.29) is 17.3 Å². The minimum atomic E-state index is -0.0361. The van der Waals surface area contributed by atoms with Gasteiger partial charge in [0.15, 0.2) is 5.17 Å². The van der Waals surface area contributed by atoms with Gasteiger partial charge < -0.3 is 4.90 Å². The molecule has 25 heavy (non-hydrogen) atoms. The molecule has 1 aromatic rings. The van der Waals surface area contributed by atoms with Crippen molar-refractivity contribution in [3.05, 3.63) is 29.3 Å². The van der Waals surface area contributed by atoms with E-state index in [9.17, 15) is 4.79 Å². The van der Waals surface area contributed by atoms with Gasteiger partial charge in [0.1, 0.15) is 6.17 Å². The Bertz CT molecular complexity index is 643. The SMILES string of the molecule is CC(=O)N(c1ccc(Cl)cc1)C1C(C)SC(=NC2CCCCC2)N1C. The molecule has 1 aromatic carbocycles. The highest BCUT2D eigenvalue weighted by molar-refractivity contribution is 8.14. The van der Waals surface area contributed by atoms with Crippen molar-refractivity contribution in [1.82, 2.24) is 4.90 Å². The van der Waals surface area contributed by atoms with Crippen molar-refractivity contribution in [3.63, 3.8) is 0 Å². The van der Waals surface area contributed by atoms with Gasteiger partial charge in [0.2, 0.25) is 5.91 Å². The van der Waals surface area contributed by atoms with Gasteiger partial charge in [0.05, 0.1) is 6.04 Å². The van der Waals surface area contributed by atoms with Crippen LogP contribution in [-0.4, -0.2) is 40.5 Å². The van der Waals surface area contributed by atoms with Crippen molar-refractivity contribution in [2.75, 3.05) is 11.9 Å². The molecule has 1 amide bonds. The molecule has 1 saturated heterocycles. The summed E-state index contributed by atoms with van der Waals surface area (Å²) in [5, 5.41) is 1.99. The maximum absolute atomic E-state index is 12.4. The average Bonchev–Trinajstić information content (AvgIpc) is 2.85. The zero-order valence-corrected chi connectivity index (χ0v) is 16.7. The van der Waals surface area contributed by atoms with Gasteiger partial charge in [-0.25, -0.2) is 0 Å². The fraction of sp³-hybridized carbons (Fsp3) is 0.579. The number of anilines is 1. The Labute approximate surface area is 159 Å². The van der Waals surface area contributed by atoms with E-state index in [0.717, 1.165) is 10.9 Å². The van der Waals surface area contributed by atoms with E-state index in [2.05, 4.69) is 18.9 Å². The molecule has 2 aliphatic rings. The maximum atomic E-state index is 12.4. The summed E-state index contributed by atoms with van der Waals surface area (Å²) in [5.41, 5.74) is 0.875. The zero-order valence-electron chi connectivity index (χ0n) is 15.1. The minimum absolute atomic E-state index is 0.0329. The van der Waals surface area contributed by atoms with Gasteiger partial charge in [0, 0.05) is 29.9 Å². The molecule has 4 nitrogen and oxygen atoms in total. The van der Waals surface area contributed by atoms with Crippen LogP contribution in [0.15, 0.2) is 29.3 Å². The van der Waals surface area contributed by atoms with Gasteiger partial charge in [0.25, 0.3) is 0 Å². The van der Waals surface area contributed by atoms with Crippen LogP contribution in [0.1, 0.15) is 46.0 Å². The third kappa shape index (κ3) is 4.14. The second-order valence-electron chi connectivity index (χ2n) is 6.92. The molecular weight excluding hydrogens is 354 g/mol. The number of carbonyl (C=O) groups is 1. The van der Waals surface area contributed by atoms with E-state index >= 15 is 0 Å². The fourth-order valence-electron chi connectivity index (χ4n) is 3.73. The zero-order chi connectivity index (χ0) is 18.0. The molecule has 2 atom stereocenters. The molecule has 0 aromatic heterocycles. The normalized spacial score (nSPS) is 26.2. The number of benzene rings is 1. The number of hydrogen-bond donors (Lipinski definition) is 0. The summed E-state index contributed by atoms with van der Waals surface area (Å²) in [5.74, 6) is 0.0329. The third-order valence-corrected chi connectivity index (χ3v) is 6.46. The van der Waals surface area contributed by atoms with Crippen molar-refractivity contribution in [3.8, 4) is 0 Å². The van der Waals surface area contributed by atoms with E-state index in [1.54, 1.807) is 18.7 Å². The predicted molar refractivity (Wildman–Crippen MR) is 108 cm³/mol. The molecular formula is C19H26ClN3OS. The molecule has 0 radical (unpaired) electrons. The minimum Gasteiger partial charge on any atom is -0.333 e. The number of nitrogens with zero attached hydrogens (tertiary/aromatic N) is 3. The summed E-state index contributed by atoms with van der Waals surface area (Å²) in [7, 11) is 2.05. The predicted octanol–water partition coefficient (Wildman–Crippen LogP) is 4.77. The van der Waals surface area contributed by atoms with Crippen molar-refractivity contribution in [2.24, 2.45) is 4.99 Å². The number of rotatable bonds is 3. The number of aliphatic imine (C=N–C) groups is 1. The lowest BCUT2D eigenvalue weighted by Crippen LogP contribution is -2.50. The Balaban J connectivity index is 1.85. The number of halogens is 1. The molecule has 1 heterocycles. The van der Waals surface area contributed by atoms with Crippen LogP contribution in [0.3, 0.4) is 0 Å². The van der Waals surface area contributed by atoms with E-state index in [4.69, 9.17) is 16.6 Å². The van der Waals surface area contributed by atoms with Crippen molar-refractivity contribution in [1.29, 1.82) is 0 Å². The monoisotopic (exact) mass is 379 g/mol. The molecule has 0 N–H and O–H groups in total. The Hall–Kier alpha value is -1.20. The second kappa shape index (κ2) is 8.00. The van der Waals surface area contributed by atoms with Crippen LogP contribution in [0.25, 0.3) is 0 Å². The molecule has 2 unspecified atom stereocenters. The van der Waals surface area contributed by atoms with Crippen LogP contribution in [0, 0.1) is 0 Å². The highest BCUT2D eigenvalue weighted by Gasteiger charge is 2.40. The number of amidine groups is 1. The highest BCUT2D eigenvalue weighted by Crippen LogP contribution is 2.36. The van der Waals surface area contributed by atoms with E-state index in [0.29, 0.717) is 11.1 Å². The Morgan fingerprint density at radius 3 is 2.48 bits per heavy atom. The number of amides is 1. The first-order chi connectivity index (χ1) is 12.0. The second-order valence-corrected chi connectivity index (χ2v) is 8.70. The summed E-state index contributed by atoms with van der Waals surface area (Å²) in [6.45, 7) is 3.79. The lowest BCUT2D eigenvalue weighted by molar-refractivity contribution is -0.117. The first-order valence-electron chi connectivity index (χ1n) is 9.00. The smallest absolute Gasteiger partial charge is 0.225 e. The van der Waals surface area contributed by atoms with Gasteiger partial charge in [-0.3, -0.25) is 14.7 Å². The lowest BCUT2D eigenvalue weighted by Gasteiger charge is -2.35. The summed E-state index contributed by atoms with van der Waals surface area (Å²) in [6, 6.07) is 7.91. The van der Waals surface area contributed by atoms with Gasteiger partial charge in [-0.2, -0.15) is 0 Å². The van der Waals surface area contributed by atoms with Crippen LogP contribution in [-0.2, 0) is 4.79 Å². The van der Waals surface area contributed by atoms with E-state index in [1.807, 2.05) is 29.2 Å². The van der Waals surface area contributed by atoms with E-state index in [1.165, 1.54) is 32.1 Å². The highest BCUT2D eigenvalue weighted by atomic mass is 35.5. The van der Waals surface area contributed by atoms with Gasteiger partial charge in [-0.1, -0.05) is 42.6 Å². The third-order valence-electron chi connectivity index (χ3n) is 4.99. The number of carbonyl (C=O) groups excluding carboxylic acids is 1. The van der Waals surface area contributed by atoms with E-state index < -0.39 is 0 Å². The quantitative estimate of drug-likeness (QED) is 0.758. The molecule has 1 aliphatic carbocycles. The number of thioether (sulfide) groups is 1. The fourth-order valence-corrected chi connectivity index (χ4v) is 5.10. The molecule has 1 aliphatic heterocycles. The van der Waals surface area contributed by atoms with Gasteiger partial charge >= 0.3 is 0 Å². The Morgan fingerprint density at radius 1 is 1.24 bits per heavy atom. The molecule has 0 spiro atoms. The summed E-state index contributed by atoms with van der Waals surface area (Å²) in [4.78, 5) is 21.5. The molecule has 136 valence electrons. The lowest BCUT2D eigenvalue weighted by atomic mass is 9.96. The first kappa shape index (κ1) is 18.6. The topological polar surface area (TPSA) is 35.9 Å². The molecule has 2 fully saturated rings. The average molecular weight is 380 g/mol. The van der Waals surface area contributed by atoms with Crippen LogP contribution in [0.4, 0.5) is 5.69 Å². The first-order valence-corrected chi connectivity index (χ1v) is 10.3. The Morgan fingerprint density at radius 2 is 1.88 bits per heavy atom. The molecule has 3 rings (SSSR count). The van der Waals surface area contributed by atoms with Crippen LogP contribution >= 0.6 is 23.4 Å². The largest absolute Gasteiger partial charge is 0.333 e. The maximum Gasteiger partial charge on any atom is 0.225 e. The summed E-state index contributed by atoms with van der Waals surface area (Å²) in [6.07, 6.45) is 6.22. The van der Waals surface area contributed by atoms with Crippen LogP contribution < -0.4 is 4.90 Å². The Kier molecular flexibility index (Phi) is 5.95. The summed E-state index contributed by atoms with van der Waals surface area (Å²) < 4.78 is 0. The standard InChI is InChI=1S/C19H26ClN3OS/c1-13-18(23(14(2)24)17-11-9-15(20)10-12-17)22(3)19(25-13)21-16-7-5-4-6-8-16/h9-13,16,18H,4-8H2,1-3H3. The van der Waals surface area contributed by atoms with Crippen molar-refractivity contribution in [2.45, 2.75) is 63.4 Å². The van der Waals surface area contributed by atoms with Gasteiger partial charge in [-0.05, 0) is 44.0 Å². The van der Waals surface area contributed by atoms with Crippen LogP contribution in [0.2, 0.25) is 5.02 Å². The molecule has 6 heteroatoms. The molecule has 0 bridgehead atoms. The number of hydrogen-bond acceptors (Lipinski definition) is 3. The van der Waals surface area contributed by atoms with Crippen LogP contribution in [0.5, 0.6) is 0 Å².